The van der Waals surface area contributed by atoms with E-state index >= 15 is 0 Å². The summed E-state index contributed by atoms with van der Waals surface area (Å²) in [5.74, 6) is 0.0504. The quantitative estimate of drug-likeness (QED) is 0.491. The molecule has 4 rings (SSSR count). The maximum atomic E-state index is 13.2. The van der Waals surface area contributed by atoms with Gasteiger partial charge in [-0.2, -0.15) is 5.10 Å². The largest absolute Gasteiger partial charge is 0.286 e. The predicted molar refractivity (Wildman–Crippen MR) is 114 cm³/mol. The van der Waals surface area contributed by atoms with Crippen LogP contribution in [0.25, 0.3) is 10.2 Å². The fourth-order valence-corrected chi connectivity index (χ4v) is 4.13. The molecule has 0 aliphatic heterocycles. The molecule has 0 aliphatic carbocycles. The third-order valence-corrected chi connectivity index (χ3v) is 5.91. The molecule has 0 radical (unpaired) electrons. The Balaban J connectivity index is 1.60. The van der Waals surface area contributed by atoms with Crippen LogP contribution >= 0.6 is 11.3 Å². The lowest BCUT2D eigenvalue weighted by Gasteiger charge is -2.20. The van der Waals surface area contributed by atoms with Crippen molar-refractivity contribution in [2.75, 3.05) is 11.4 Å². The second-order valence-electron chi connectivity index (χ2n) is 6.87. The molecule has 142 valence electrons. The fourth-order valence-electron chi connectivity index (χ4n) is 3.12. The minimum Gasteiger partial charge on any atom is -0.286 e. The zero-order valence-electron chi connectivity index (χ0n) is 16.0. The van der Waals surface area contributed by atoms with Gasteiger partial charge in [0.1, 0.15) is 0 Å². The van der Waals surface area contributed by atoms with E-state index in [9.17, 15) is 4.79 Å². The van der Waals surface area contributed by atoms with Crippen molar-refractivity contribution in [1.82, 2.24) is 14.8 Å². The highest BCUT2D eigenvalue weighted by Gasteiger charge is 2.20. The van der Waals surface area contributed by atoms with Gasteiger partial charge in [-0.3, -0.25) is 14.4 Å². The van der Waals surface area contributed by atoms with Crippen molar-refractivity contribution in [3.63, 3.8) is 0 Å². The first kappa shape index (κ1) is 18.4. The summed E-state index contributed by atoms with van der Waals surface area (Å²) in [6, 6.07) is 16.1. The Morgan fingerprint density at radius 1 is 1.11 bits per heavy atom. The minimum absolute atomic E-state index is 0.0504. The van der Waals surface area contributed by atoms with Gasteiger partial charge < -0.3 is 0 Å². The highest BCUT2D eigenvalue weighted by Crippen LogP contribution is 2.29. The monoisotopic (exact) mass is 390 g/mol. The Labute approximate surface area is 168 Å². The number of benzene rings is 2. The van der Waals surface area contributed by atoms with E-state index in [0.717, 1.165) is 20.9 Å². The van der Waals surface area contributed by atoms with Crippen LogP contribution in [0.2, 0.25) is 0 Å². The standard InChI is InChI=1S/C22H22N4OS/c1-16-8-9-18(14-17(16)2)15-21(27)26(13-12-25-11-5-10-23-25)22-24-19-6-3-4-7-20(19)28-22/h3-11,14H,12-13,15H2,1-2H3. The molecule has 0 fully saturated rings. The van der Waals surface area contributed by atoms with Crippen molar-refractivity contribution in [3.8, 4) is 0 Å². The number of fused-ring (bicyclic) bond motifs is 1. The Kier molecular flexibility index (Phi) is 5.21. The SMILES string of the molecule is Cc1ccc(CC(=O)N(CCn2cccn2)c2nc3ccccc3s2)cc1C. The summed E-state index contributed by atoms with van der Waals surface area (Å²) in [6.45, 7) is 5.32. The molecule has 2 heterocycles. The van der Waals surface area contributed by atoms with Crippen LogP contribution in [-0.4, -0.2) is 27.2 Å². The molecule has 5 nitrogen and oxygen atoms in total. The highest BCUT2D eigenvalue weighted by molar-refractivity contribution is 7.22. The number of carbonyl (C=O) groups excluding carboxylic acids is 1. The normalized spacial score (nSPS) is 11.1. The molecule has 0 atom stereocenters. The summed E-state index contributed by atoms with van der Waals surface area (Å²) in [5, 5.41) is 4.99. The summed E-state index contributed by atoms with van der Waals surface area (Å²) in [7, 11) is 0. The van der Waals surface area contributed by atoms with E-state index in [1.54, 1.807) is 22.4 Å². The van der Waals surface area contributed by atoms with Gasteiger partial charge in [0, 0.05) is 18.9 Å². The maximum absolute atomic E-state index is 13.2. The van der Waals surface area contributed by atoms with E-state index in [4.69, 9.17) is 4.98 Å². The minimum atomic E-state index is 0.0504. The number of hydrogen-bond donors (Lipinski definition) is 0. The van der Waals surface area contributed by atoms with Crippen LogP contribution in [-0.2, 0) is 17.8 Å². The topological polar surface area (TPSA) is 51.0 Å². The van der Waals surface area contributed by atoms with E-state index in [-0.39, 0.29) is 5.91 Å². The second kappa shape index (κ2) is 7.94. The number of hydrogen-bond acceptors (Lipinski definition) is 4. The Hall–Kier alpha value is -2.99. The van der Waals surface area contributed by atoms with Crippen LogP contribution in [0.5, 0.6) is 0 Å². The number of aryl methyl sites for hydroxylation is 2. The van der Waals surface area contributed by atoms with Gasteiger partial charge in [0.15, 0.2) is 5.13 Å². The summed E-state index contributed by atoms with van der Waals surface area (Å²) >= 11 is 1.55. The molecule has 28 heavy (non-hydrogen) atoms. The summed E-state index contributed by atoms with van der Waals surface area (Å²) in [5.41, 5.74) is 4.38. The molecule has 0 N–H and O–H groups in total. The first-order valence-corrected chi connectivity index (χ1v) is 10.1. The van der Waals surface area contributed by atoms with Crippen molar-refractivity contribution in [2.24, 2.45) is 0 Å². The smallest absolute Gasteiger partial charge is 0.233 e. The zero-order valence-corrected chi connectivity index (χ0v) is 16.8. The van der Waals surface area contributed by atoms with Gasteiger partial charge in [-0.1, -0.05) is 41.7 Å². The third kappa shape index (κ3) is 3.97. The summed E-state index contributed by atoms with van der Waals surface area (Å²) in [4.78, 5) is 19.7. The van der Waals surface area contributed by atoms with Crippen molar-refractivity contribution in [3.05, 3.63) is 77.6 Å². The van der Waals surface area contributed by atoms with Crippen LogP contribution in [0.3, 0.4) is 0 Å². The van der Waals surface area contributed by atoms with E-state index in [1.807, 2.05) is 47.3 Å². The molecule has 0 aliphatic rings. The van der Waals surface area contributed by atoms with Crippen molar-refractivity contribution < 1.29 is 4.79 Å². The lowest BCUT2D eigenvalue weighted by atomic mass is 10.0. The predicted octanol–water partition coefficient (Wildman–Crippen LogP) is 4.39. The number of amides is 1. The van der Waals surface area contributed by atoms with E-state index < -0.39 is 0 Å². The van der Waals surface area contributed by atoms with Crippen molar-refractivity contribution in [1.29, 1.82) is 0 Å². The van der Waals surface area contributed by atoms with Gasteiger partial charge in [-0.05, 0) is 48.7 Å². The van der Waals surface area contributed by atoms with Crippen molar-refractivity contribution in [2.45, 2.75) is 26.8 Å². The second-order valence-corrected chi connectivity index (χ2v) is 7.88. The van der Waals surface area contributed by atoms with Gasteiger partial charge in [-0.15, -0.1) is 0 Å². The summed E-state index contributed by atoms with van der Waals surface area (Å²) < 4.78 is 2.92. The van der Waals surface area contributed by atoms with Crippen molar-refractivity contribution >= 4 is 32.6 Å². The third-order valence-electron chi connectivity index (χ3n) is 4.85. The molecule has 4 aromatic rings. The molecule has 2 aromatic heterocycles. The van der Waals surface area contributed by atoms with E-state index in [0.29, 0.717) is 19.5 Å². The Morgan fingerprint density at radius 2 is 1.96 bits per heavy atom. The van der Waals surface area contributed by atoms with Gasteiger partial charge in [0.05, 0.1) is 23.2 Å². The van der Waals surface area contributed by atoms with Crippen LogP contribution in [0.4, 0.5) is 5.13 Å². The van der Waals surface area contributed by atoms with Gasteiger partial charge >= 0.3 is 0 Å². The molecule has 6 heteroatoms. The Bertz CT molecular complexity index is 1070. The average Bonchev–Trinajstić information content (AvgIpc) is 3.34. The number of anilines is 1. The van der Waals surface area contributed by atoms with Crippen LogP contribution < -0.4 is 4.90 Å². The number of nitrogens with zero attached hydrogens (tertiary/aromatic N) is 4. The van der Waals surface area contributed by atoms with Crippen LogP contribution in [0.1, 0.15) is 16.7 Å². The van der Waals surface area contributed by atoms with Gasteiger partial charge in [0.25, 0.3) is 0 Å². The molecule has 0 bridgehead atoms. The number of thiazole rings is 1. The first-order valence-electron chi connectivity index (χ1n) is 9.29. The molecule has 1 amide bonds. The molecule has 0 saturated heterocycles. The number of aromatic nitrogens is 3. The molecular weight excluding hydrogens is 368 g/mol. The lowest BCUT2D eigenvalue weighted by Crippen LogP contribution is -2.35. The lowest BCUT2D eigenvalue weighted by molar-refractivity contribution is -0.118. The molecule has 2 aromatic carbocycles. The molecule has 0 unspecified atom stereocenters. The molecule has 0 saturated carbocycles. The number of carbonyl (C=O) groups is 1. The average molecular weight is 391 g/mol. The maximum Gasteiger partial charge on any atom is 0.233 e. The van der Waals surface area contributed by atoms with E-state index in [2.05, 4.69) is 31.1 Å². The first-order chi connectivity index (χ1) is 13.6. The highest BCUT2D eigenvalue weighted by atomic mass is 32.1. The fraction of sp³-hybridized carbons (Fsp3) is 0.227. The van der Waals surface area contributed by atoms with E-state index in [1.165, 1.54) is 11.1 Å². The molecule has 0 spiro atoms. The van der Waals surface area contributed by atoms with Gasteiger partial charge in [-0.25, -0.2) is 4.98 Å². The number of para-hydroxylation sites is 1. The van der Waals surface area contributed by atoms with Crippen LogP contribution in [0, 0.1) is 13.8 Å². The zero-order chi connectivity index (χ0) is 19.5. The Morgan fingerprint density at radius 3 is 2.71 bits per heavy atom. The van der Waals surface area contributed by atoms with Gasteiger partial charge in [0.2, 0.25) is 5.91 Å². The number of rotatable bonds is 6. The summed E-state index contributed by atoms with van der Waals surface area (Å²) in [6.07, 6.45) is 4.01. The molecular formula is C22H22N4OS. The van der Waals surface area contributed by atoms with Crippen LogP contribution in [0.15, 0.2) is 60.9 Å².